The SMILES string of the molecule is C=NC(N)=NC#N. The van der Waals surface area contributed by atoms with Gasteiger partial charge in [0.25, 0.3) is 0 Å². The van der Waals surface area contributed by atoms with Crippen LogP contribution >= 0.6 is 0 Å². The van der Waals surface area contributed by atoms with Crippen molar-refractivity contribution in [2.75, 3.05) is 0 Å². The molecule has 0 aliphatic rings. The summed E-state index contributed by atoms with van der Waals surface area (Å²) in [7, 11) is 0. The van der Waals surface area contributed by atoms with Crippen molar-refractivity contribution in [1.82, 2.24) is 0 Å². The van der Waals surface area contributed by atoms with Crippen molar-refractivity contribution >= 4 is 12.7 Å². The van der Waals surface area contributed by atoms with Crippen molar-refractivity contribution in [1.29, 1.82) is 5.26 Å². The van der Waals surface area contributed by atoms with Crippen LogP contribution in [0, 0.1) is 11.5 Å². The van der Waals surface area contributed by atoms with Crippen molar-refractivity contribution in [2.24, 2.45) is 15.7 Å². The molecule has 0 aromatic heterocycles. The Bertz CT molecular complexity index is 128. The number of hydrogen-bond acceptors (Lipinski definition) is 2. The highest BCUT2D eigenvalue weighted by Gasteiger charge is 1.74. The van der Waals surface area contributed by atoms with E-state index >= 15 is 0 Å². The summed E-state index contributed by atoms with van der Waals surface area (Å²) in [5.41, 5.74) is 4.88. The van der Waals surface area contributed by atoms with Crippen LogP contribution in [0.15, 0.2) is 9.98 Å². The fourth-order valence-electron chi connectivity index (χ4n) is 0.0866. The Morgan fingerprint density at radius 3 is 2.57 bits per heavy atom. The van der Waals surface area contributed by atoms with Crippen LogP contribution < -0.4 is 5.73 Å². The van der Waals surface area contributed by atoms with Gasteiger partial charge in [0.05, 0.1) is 0 Å². The molecule has 0 saturated heterocycles. The zero-order valence-corrected chi connectivity index (χ0v) is 3.63. The summed E-state index contributed by atoms with van der Waals surface area (Å²) < 4.78 is 0. The Kier molecular flexibility index (Phi) is 2.29. The first kappa shape index (κ1) is 5.63. The largest absolute Gasteiger partial charge is 0.367 e. The van der Waals surface area contributed by atoms with E-state index < -0.39 is 0 Å². The molecule has 0 radical (unpaired) electrons. The van der Waals surface area contributed by atoms with Gasteiger partial charge in [-0.1, -0.05) is 0 Å². The molecule has 0 heterocycles. The highest BCUT2D eigenvalue weighted by molar-refractivity contribution is 5.82. The fraction of sp³-hybridized carbons (Fsp3) is 0. The van der Waals surface area contributed by atoms with Gasteiger partial charge in [-0.2, -0.15) is 5.26 Å². The zero-order valence-electron chi connectivity index (χ0n) is 3.63. The molecule has 0 bridgehead atoms. The van der Waals surface area contributed by atoms with Crippen LogP contribution in [0.4, 0.5) is 0 Å². The molecule has 0 aliphatic carbocycles. The lowest BCUT2D eigenvalue weighted by Crippen LogP contribution is -2.05. The molecule has 0 atom stereocenters. The summed E-state index contributed by atoms with van der Waals surface area (Å²) in [6.07, 6.45) is 1.45. The number of nitrogens with zero attached hydrogens (tertiary/aromatic N) is 3. The Morgan fingerprint density at radius 2 is 2.43 bits per heavy atom. The third-order valence-electron chi connectivity index (χ3n) is 0.327. The van der Waals surface area contributed by atoms with Gasteiger partial charge in [-0.3, -0.25) is 0 Å². The van der Waals surface area contributed by atoms with Crippen molar-refractivity contribution in [3.8, 4) is 6.19 Å². The molecule has 0 unspecified atom stereocenters. The molecule has 0 spiro atoms. The number of nitrogens with two attached hydrogens (primary N) is 1. The maximum atomic E-state index is 7.76. The van der Waals surface area contributed by atoms with Gasteiger partial charge < -0.3 is 5.73 Å². The quantitative estimate of drug-likeness (QED) is 0.250. The Morgan fingerprint density at radius 1 is 1.86 bits per heavy atom. The Hall–Kier alpha value is -1.37. The van der Waals surface area contributed by atoms with Gasteiger partial charge in [0.2, 0.25) is 12.2 Å². The lowest BCUT2D eigenvalue weighted by molar-refractivity contribution is 1.39. The second kappa shape index (κ2) is 2.85. The molecule has 36 valence electrons. The lowest BCUT2D eigenvalue weighted by atomic mass is 11.0. The second-order valence-electron chi connectivity index (χ2n) is 0.728. The summed E-state index contributed by atoms with van der Waals surface area (Å²) in [6.45, 7) is 3.02. The summed E-state index contributed by atoms with van der Waals surface area (Å²) in [5.74, 6) is -0.0949. The maximum Gasteiger partial charge on any atom is 0.230 e. The van der Waals surface area contributed by atoms with Crippen molar-refractivity contribution in [3.05, 3.63) is 0 Å². The van der Waals surface area contributed by atoms with Gasteiger partial charge in [-0.05, 0) is 6.72 Å². The van der Waals surface area contributed by atoms with E-state index in [0.29, 0.717) is 0 Å². The predicted octanol–water partition coefficient (Wildman–Crippen LogP) is -0.517. The van der Waals surface area contributed by atoms with Crippen molar-refractivity contribution in [2.45, 2.75) is 0 Å². The van der Waals surface area contributed by atoms with E-state index in [-0.39, 0.29) is 5.96 Å². The number of aliphatic imine (C=N–C) groups is 2. The monoisotopic (exact) mass is 96.0 g/mol. The van der Waals surface area contributed by atoms with Crippen LogP contribution in [0.1, 0.15) is 0 Å². The molecular weight excluding hydrogens is 92.1 g/mol. The van der Waals surface area contributed by atoms with Gasteiger partial charge in [0.1, 0.15) is 0 Å². The van der Waals surface area contributed by atoms with Gasteiger partial charge >= 0.3 is 0 Å². The van der Waals surface area contributed by atoms with E-state index in [0.717, 1.165) is 0 Å². The standard InChI is InChI=1S/C3H4N4/c1-6-3(5)7-2-4/h1H2,(H2,5,7). The van der Waals surface area contributed by atoms with E-state index in [9.17, 15) is 0 Å². The van der Waals surface area contributed by atoms with Gasteiger partial charge in [0.15, 0.2) is 0 Å². The second-order valence-corrected chi connectivity index (χ2v) is 0.728. The van der Waals surface area contributed by atoms with E-state index in [2.05, 4.69) is 16.7 Å². The molecule has 0 saturated carbocycles. The summed E-state index contributed by atoms with van der Waals surface area (Å²) >= 11 is 0. The highest BCUT2D eigenvalue weighted by atomic mass is 15.0. The molecular formula is C3H4N4. The number of guanidine groups is 1. The van der Waals surface area contributed by atoms with Crippen LogP contribution in [-0.2, 0) is 0 Å². The molecule has 7 heavy (non-hydrogen) atoms. The minimum Gasteiger partial charge on any atom is -0.367 e. The van der Waals surface area contributed by atoms with E-state index in [1.807, 2.05) is 0 Å². The van der Waals surface area contributed by atoms with Crippen molar-refractivity contribution in [3.63, 3.8) is 0 Å². The number of hydrogen-bond donors (Lipinski definition) is 1. The molecule has 0 aromatic carbocycles. The van der Waals surface area contributed by atoms with Crippen LogP contribution in [0.25, 0.3) is 0 Å². The van der Waals surface area contributed by atoms with E-state index in [1.165, 1.54) is 6.19 Å². The van der Waals surface area contributed by atoms with Crippen molar-refractivity contribution < 1.29 is 0 Å². The number of rotatable bonds is 0. The van der Waals surface area contributed by atoms with Gasteiger partial charge in [-0.25, -0.2) is 4.99 Å². The third kappa shape index (κ3) is 2.43. The van der Waals surface area contributed by atoms with E-state index in [4.69, 9.17) is 11.0 Å². The van der Waals surface area contributed by atoms with Crippen LogP contribution in [-0.4, -0.2) is 12.7 Å². The minimum absolute atomic E-state index is 0.0949. The maximum absolute atomic E-state index is 7.76. The summed E-state index contributed by atoms with van der Waals surface area (Å²) in [5, 5.41) is 7.76. The highest BCUT2D eigenvalue weighted by Crippen LogP contribution is 1.63. The topological polar surface area (TPSA) is 74.5 Å². The van der Waals surface area contributed by atoms with Crippen LogP contribution in [0.5, 0.6) is 0 Å². The van der Waals surface area contributed by atoms with Crippen LogP contribution in [0.3, 0.4) is 0 Å². The summed E-state index contributed by atoms with van der Waals surface area (Å²) in [4.78, 5) is 6.15. The number of nitriles is 1. The predicted molar refractivity (Wildman–Crippen MR) is 26.8 cm³/mol. The average molecular weight is 96.1 g/mol. The van der Waals surface area contributed by atoms with E-state index in [1.54, 1.807) is 0 Å². The molecule has 0 rings (SSSR count). The molecule has 0 aromatic rings. The molecule has 0 aliphatic heterocycles. The Labute approximate surface area is 41.0 Å². The van der Waals surface area contributed by atoms with Gasteiger partial charge in [-0.15, -0.1) is 4.99 Å². The zero-order chi connectivity index (χ0) is 5.70. The molecule has 0 fully saturated rings. The van der Waals surface area contributed by atoms with Crippen LogP contribution in [0.2, 0.25) is 0 Å². The van der Waals surface area contributed by atoms with Gasteiger partial charge in [0, 0.05) is 0 Å². The summed E-state index contributed by atoms with van der Waals surface area (Å²) in [6, 6.07) is 0. The minimum atomic E-state index is -0.0949. The first-order valence-corrected chi connectivity index (χ1v) is 1.50. The lowest BCUT2D eigenvalue weighted by Gasteiger charge is -1.76. The fourth-order valence-corrected chi connectivity index (χ4v) is 0.0866. The average Bonchev–Trinajstić information content (AvgIpc) is 1.68. The molecule has 4 heteroatoms. The Balaban J connectivity index is 3.80. The molecule has 4 nitrogen and oxygen atoms in total. The first-order chi connectivity index (χ1) is 3.31. The third-order valence-corrected chi connectivity index (χ3v) is 0.327. The molecule has 0 amide bonds. The smallest absolute Gasteiger partial charge is 0.230 e. The first-order valence-electron chi connectivity index (χ1n) is 1.50. The normalized spacial score (nSPS) is 9.86. The molecule has 2 N–H and O–H groups in total.